The molecule has 0 saturated carbocycles. The first-order valence-corrected chi connectivity index (χ1v) is 27.5. The van der Waals surface area contributed by atoms with Gasteiger partial charge in [-0.3, -0.25) is 0 Å². The second kappa shape index (κ2) is 22.0. The van der Waals surface area contributed by atoms with E-state index in [9.17, 15) is 0 Å². The van der Waals surface area contributed by atoms with Crippen LogP contribution in [0.3, 0.4) is 0 Å². The first-order chi connectivity index (χ1) is 42.3. The molecule has 0 amide bonds. The third kappa shape index (κ3) is 10.7. The Balaban J connectivity index is 1.06. The van der Waals surface area contributed by atoms with E-state index >= 15 is 26.3 Å². The zero-order valence-electron chi connectivity index (χ0n) is 45.5. The average molecular weight is 1150 g/mol. The van der Waals surface area contributed by atoms with E-state index in [1.807, 2.05) is 199 Å². The van der Waals surface area contributed by atoms with Crippen LogP contribution >= 0.6 is 0 Å². The van der Waals surface area contributed by atoms with Crippen molar-refractivity contribution in [2.75, 3.05) is 0 Å². The molecule has 0 saturated heterocycles. The predicted molar refractivity (Wildman–Crippen MR) is 325 cm³/mol. The maximum absolute atomic E-state index is 15.0. The number of nitrogens with zero attached hydrogens (tertiary/aromatic N) is 10. The number of rotatable bonds is 11. The third-order valence-electron chi connectivity index (χ3n) is 14.8. The number of aromatic nitrogens is 10. The van der Waals surface area contributed by atoms with Crippen LogP contribution in [-0.4, -0.2) is 49.4 Å². The SMILES string of the molecule is FC(F)(F)c1cc(-c2cc(-n3c4cc(-c5nc(-c6ccccc6)nc(-c6ccccc6)n5)ccc4c4ccc(-c5nc(-c6ccccc6)nc(-c6ccccc6)n5)cc43)ccc2-c2nc(-c3ccccc3)nc(-c3ccccc3)n2)cc(C(F)(F)F)c1. The molecule has 0 aliphatic carbocycles. The van der Waals surface area contributed by atoms with Gasteiger partial charge in [0.25, 0.3) is 0 Å². The molecule has 0 radical (unpaired) electrons. The summed E-state index contributed by atoms with van der Waals surface area (Å²) in [4.78, 5) is 44.6. The molecule has 87 heavy (non-hydrogen) atoms. The van der Waals surface area contributed by atoms with E-state index in [1.165, 1.54) is 0 Å². The van der Waals surface area contributed by atoms with E-state index in [0.717, 1.165) is 45.2 Å². The van der Waals surface area contributed by atoms with Crippen LogP contribution in [0, 0.1) is 0 Å². The van der Waals surface area contributed by atoms with E-state index in [-0.39, 0.29) is 34.7 Å². The van der Waals surface area contributed by atoms with Crippen LogP contribution in [0.4, 0.5) is 26.3 Å². The smallest absolute Gasteiger partial charge is 0.309 e. The number of benzene rings is 10. The van der Waals surface area contributed by atoms with Crippen molar-refractivity contribution in [3.63, 3.8) is 0 Å². The fraction of sp³-hybridized carbons (Fsp3) is 0.0282. The molecule has 0 aliphatic heterocycles. The maximum Gasteiger partial charge on any atom is 0.416 e. The van der Waals surface area contributed by atoms with E-state index in [4.69, 9.17) is 44.9 Å². The van der Waals surface area contributed by atoms with Gasteiger partial charge in [0.15, 0.2) is 52.4 Å². The number of hydrogen-bond acceptors (Lipinski definition) is 9. The van der Waals surface area contributed by atoms with Crippen LogP contribution in [0.25, 0.3) is 141 Å². The predicted octanol–water partition coefficient (Wildman–Crippen LogP) is 18.0. The highest BCUT2D eigenvalue weighted by atomic mass is 19.4. The zero-order valence-corrected chi connectivity index (χ0v) is 45.5. The molecule has 0 unspecified atom stereocenters. The molecular formula is C71H42F6N10. The van der Waals surface area contributed by atoms with Gasteiger partial charge in [0.05, 0.1) is 22.2 Å². The van der Waals surface area contributed by atoms with Crippen LogP contribution in [0.2, 0.25) is 0 Å². The van der Waals surface area contributed by atoms with Crippen LogP contribution < -0.4 is 0 Å². The molecule has 0 bridgehead atoms. The fourth-order valence-electron chi connectivity index (χ4n) is 10.6. The molecule has 14 aromatic rings. The minimum absolute atomic E-state index is 0.00132. The summed E-state index contributed by atoms with van der Waals surface area (Å²) in [6.45, 7) is 0. The van der Waals surface area contributed by atoms with Gasteiger partial charge < -0.3 is 4.57 Å². The summed E-state index contributed by atoms with van der Waals surface area (Å²) in [5, 5.41) is 1.49. The minimum Gasteiger partial charge on any atom is -0.309 e. The zero-order chi connectivity index (χ0) is 59.2. The fourth-order valence-corrected chi connectivity index (χ4v) is 10.6. The summed E-state index contributed by atoms with van der Waals surface area (Å²) >= 11 is 0. The second-order valence-electron chi connectivity index (χ2n) is 20.4. The van der Waals surface area contributed by atoms with Gasteiger partial charge in [0.1, 0.15) is 0 Å². The highest BCUT2D eigenvalue weighted by molar-refractivity contribution is 6.11. The molecule has 418 valence electrons. The van der Waals surface area contributed by atoms with Gasteiger partial charge in [0.2, 0.25) is 0 Å². The lowest BCUT2D eigenvalue weighted by atomic mass is 9.94. The summed E-state index contributed by atoms with van der Waals surface area (Å²) in [5.74, 6) is 2.84. The van der Waals surface area contributed by atoms with E-state index in [2.05, 4.69) is 0 Å². The van der Waals surface area contributed by atoms with Crippen molar-refractivity contribution in [2.24, 2.45) is 0 Å². The molecule has 0 N–H and O–H groups in total. The molecule has 0 spiro atoms. The second-order valence-corrected chi connectivity index (χ2v) is 20.4. The Morgan fingerprint density at radius 2 is 0.517 bits per heavy atom. The molecule has 4 heterocycles. The third-order valence-corrected chi connectivity index (χ3v) is 14.8. The summed E-state index contributed by atoms with van der Waals surface area (Å²) in [5.41, 5.74) is 3.62. The van der Waals surface area contributed by atoms with Gasteiger partial charge in [-0.25, -0.2) is 44.9 Å². The van der Waals surface area contributed by atoms with Crippen molar-refractivity contribution in [3.05, 3.63) is 266 Å². The van der Waals surface area contributed by atoms with Gasteiger partial charge in [0, 0.05) is 66.5 Å². The van der Waals surface area contributed by atoms with E-state index < -0.39 is 29.0 Å². The quantitative estimate of drug-likeness (QED) is 0.117. The van der Waals surface area contributed by atoms with Crippen molar-refractivity contribution in [1.82, 2.24) is 49.4 Å². The normalized spacial score (nSPS) is 11.8. The van der Waals surface area contributed by atoms with Crippen molar-refractivity contribution in [3.8, 4) is 119 Å². The Labute approximate surface area is 493 Å². The Bertz CT molecular complexity index is 4490. The van der Waals surface area contributed by atoms with Crippen LogP contribution in [0.5, 0.6) is 0 Å². The molecule has 0 fully saturated rings. The van der Waals surface area contributed by atoms with Crippen molar-refractivity contribution < 1.29 is 26.3 Å². The minimum atomic E-state index is -5.17. The lowest BCUT2D eigenvalue weighted by Gasteiger charge is -2.18. The van der Waals surface area contributed by atoms with Crippen LogP contribution in [0.1, 0.15) is 11.1 Å². The summed E-state index contributed by atoms with van der Waals surface area (Å²) in [7, 11) is 0. The molecular weight excluding hydrogens is 1110 g/mol. The van der Waals surface area contributed by atoms with Gasteiger partial charge in [-0.05, 0) is 59.7 Å². The van der Waals surface area contributed by atoms with E-state index in [1.54, 1.807) is 42.5 Å². The number of hydrogen-bond donors (Lipinski definition) is 0. The number of halogens is 6. The van der Waals surface area contributed by atoms with Crippen LogP contribution in [0.15, 0.2) is 255 Å². The Hall–Kier alpha value is -11.4. The van der Waals surface area contributed by atoms with E-state index in [0.29, 0.717) is 73.9 Å². The molecule has 16 heteroatoms. The average Bonchev–Trinajstić information content (AvgIpc) is 1.76. The van der Waals surface area contributed by atoms with Crippen LogP contribution in [-0.2, 0) is 12.4 Å². The van der Waals surface area contributed by atoms with Crippen molar-refractivity contribution >= 4 is 21.8 Å². The molecule has 10 nitrogen and oxygen atoms in total. The summed E-state index contributed by atoms with van der Waals surface area (Å²) < 4.78 is 92.0. The molecule has 0 aliphatic rings. The first kappa shape index (κ1) is 53.6. The maximum atomic E-state index is 15.0. The number of fused-ring (bicyclic) bond motifs is 3. The standard InChI is InChI=1S/C71H42F6N10/c72-70(73,74)52-37-51(38-53(41-52)71(75,76)77)58-42-54(33-36-57(58)69-85-65(47-27-15-5-16-28-47)80-66(86-69)48-29-17-6-18-30-48)87-59-39-49(67-81-61(43-19-7-1-8-20-43)78-62(82-67)44-21-9-2-10-22-44)31-34-55(59)56-35-32-50(40-60(56)87)68-83-63(45-23-11-3-12-24-45)79-64(84-68)46-25-13-4-14-26-46/h1-42H. The Morgan fingerprint density at radius 3 is 0.816 bits per heavy atom. The Kier molecular flexibility index (Phi) is 13.5. The van der Waals surface area contributed by atoms with Gasteiger partial charge >= 0.3 is 12.4 Å². The highest BCUT2D eigenvalue weighted by Gasteiger charge is 2.37. The monoisotopic (exact) mass is 1150 g/mol. The van der Waals surface area contributed by atoms with Crippen molar-refractivity contribution in [2.45, 2.75) is 12.4 Å². The van der Waals surface area contributed by atoms with Gasteiger partial charge in [-0.1, -0.05) is 206 Å². The first-order valence-electron chi connectivity index (χ1n) is 27.5. The molecule has 10 aromatic carbocycles. The van der Waals surface area contributed by atoms with Gasteiger partial charge in [-0.15, -0.1) is 0 Å². The van der Waals surface area contributed by atoms with Crippen molar-refractivity contribution in [1.29, 1.82) is 0 Å². The summed E-state index contributed by atoms with van der Waals surface area (Å²) in [6, 6.07) is 74.3. The lowest BCUT2D eigenvalue weighted by Crippen LogP contribution is -2.11. The summed E-state index contributed by atoms with van der Waals surface area (Å²) in [6.07, 6.45) is -10.3. The topological polar surface area (TPSA) is 121 Å². The lowest BCUT2D eigenvalue weighted by molar-refractivity contribution is -0.143. The molecule has 4 aromatic heterocycles. The molecule has 14 rings (SSSR count). The highest BCUT2D eigenvalue weighted by Crippen LogP contribution is 2.44. The Morgan fingerprint density at radius 1 is 0.230 bits per heavy atom. The number of alkyl halides is 6. The molecule has 0 atom stereocenters. The largest absolute Gasteiger partial charge is 0.416 e. The van der Waals surface area contributed by atoms with Gasteiger partial charge in [-0.2, -0.15) is 26.3 Å².